The van der Waals surface area contributed by atoms with Crippen LogP contribution < -0.4 is 15.4 Å². The third-order valence-electron chi connectivity index (χ3n) is 4.79. The molecule has 2 aromatic carbocycles. The number of hydrogen-bond donors (Lipinski definition) is 3. The average Bonchev–Trinajstić information content (AvgIpc) is 3.32. The van der Waals surface area contributed by atoms with Crippen molar-refractivity contribution < 1.29 is 18.0 Å². The summed E-state index contributed by atoms with van der Waals surface area (Å²) < 4.78 is 26.6. The lowest BCUT2D eigenvalue weighted by Crippen LogP contribution is -2.33. The highest BCUT2D eigenvalue weighted by Gasteiger charge is 2.24. The van der Waals surface area contributed by atoms with E-state index in [1.807, 2.05) is 30.0 Å². The molecule has 0 radical (unpaired) electrons. The number of rotatable bonds is 5. The van der Waals surface area contributed by atoms with Crippen molar-refractivity contribution in [3.63, 3.8) is 0 Å². The fourth-order valence-electron chi connectivity index (χ4n) is 3.24. The highest BCUT2D eigenvalue weighted by atomic mass is 32.2. The second-order valence-corrected chi connectivity index (χ2v) is 10.1. The first-order valence-corrected chi connectivity index (χ1v) is 11.7. The zero-order valence-electron chi connectivity index (χ0n) is 16.7. The topological polar surface area (TPSA) is 104 Å². The molecule has 3 N–H and O–H groups in total. The predicted molar refractivity (Wildman–Crippen MR) is 123 cm³/mol. The van der Waals surface area contributed by atoms with Gasteiger partial charge in [0.2, 0.25) is 0 Å². The molecule has 3 aromatic rings. The number of anilines is 2. The Morgan fingerprint density at radius 3 is 2.32 bits per heavy atom. The van der Waals surface area contributed by atoms with E-state index in [-0.39, 0.29) is 9.99 Å². The minimum atomic E-state index is -3.93. The number of benzene rings is 2. The van der Waals surface area contributed by atoms with Gasteiger partial charge in [-0.15, -0.1) is 11.3 Å². The van der Waals surface area contributed by atoms with Gasteiger partial charge in [0.05, 0.1) is 0 Å². The van der Waals surface area contributed by atoms with E-state index in [9.17, 15) is 18.0 Å². The maximum absolute atomic E-state index is 12.7. The molecule has 0 spiro atoms. The first kappa shape index (κ1) is 20.8. The largest absolute Gasteiger partial charge is 0.388 e. The van der Waals surface area contributed by atoms with Gasteiger partial charge in [-0.25, -0.2) is 17.9 Å². The van der Waals surface area contributed by atoms with Crippen LogP contribution in [0.15, 0.2) is 58.8 Å². The second-order valence-electron chi connectivity index (χ2n) is 6.94. The Kier molecular flexibility index (Phi) is 5.38. The minimum absolute atomic E-state index is 0.0616. The van der Waals surface area contributed by atoms with Crippen molar-refractivity contribution in [2.75, 3.05) is 17.7 Å². The summed E-state index contributed by atoms with van der Waals surface area (Å²) >= 11 is 1.08. The molecule has 0 bridgehead atoms. The number of carbonyl (C=O) groups excluding carboxylic acids is 2. The molecule has 2 amide bonds. The highest BCUT2D eigenvalue weighted by Crippen LogP contribution is 2.33. The Hall–Kier alpha value is -3.43. The number of urea groups is 1. The summed E-state index contributed by atoms with van der Waals surface area (Å²) in [6.45, 7) is 1.79. The van der Waals surface area contributed by atoms with Gasteiger partial charge in [-0.2, -0.15) is 0 Å². The number of sulfonamides is 1. The van der Waals surface area contributed by atoms with Crippen LogP contribution in [0.4, 0.5) is 16.2 Å². The van der Waals surface area contributed by atoms with Crippen LogP contribution in [-0.4, -0.2) is 27.3 Å². The van der Waals surface area contributed by atoms with E-state index in [2.05, 4.69) is 10.6 Å². The third kappa shape index (κ3) is 4.23. The summed E-state index contributed by atoms with van der Waals surface area (Å²) in [6, 6.07) is 14.5. The van der Waals surface area contributed by atoms with E-state index in [1.165, 1.54) is 6.07 Å². The number of amides is 2. The number of fused-ring (bicyclic) bond motifs is 1. The Labute approximate surface area is 183 Å². The number of ketones is 1. The van der Waals surface area contributed by atoms with Crippen LogP contribution in [0.3, 0.4) is 0 Å². The van der Waals surface area contributed by atoms with E-state index in [0.29, 0.717) is 22.4 Å². The van der Waals surface area contributed by atoms with Crippen molar-refractivity contribution in [1.82, 2.24) is 4.72 Å². The van der Waals surface area contributed by atoms with Crippen LogP contribution in [-0.2, 0) is 10.0 Å². The van der Waals surface area contributed by atoms with Crippen LogP contribution in [0.5, 0.6) is 0 Å². The fourth-order valence-corrected chi connectivity index (χ4v) is 5.43. The molecule has 0 saturated heterocycles. The molecule has 9 heteroatoms. The maximum atomic E-state index is 12.7. The number of hydrogen-bond acceptors (Lipinski definition) is 6. The second kappa shape index (κ2) is 8.01. The quantitative estimate of drug-likeness (QED) is 0.533. The number of carbonyl (C=O) groups is 2. The van der Waals surface area contributed by atoms with Gasteiger partial charge in [0.1, 0.15) is 4.21 Å². The molecule has 0 saturated carbocycles. The standard InChI is InChI=1S/C22H19N3O4S2/c1-13-3-10-20(30-13)31(28,29)25-22(27)24-16-6-4-14(5-7-16)19-12-15-11-17(23-2)8-9-18(15)21(19)26/h3-12,23H,1-2H3,(H2,24,25,27). The van der Waals surface area contributed by atoms with Crippen molar-refractivity contribution in [3.8, 4) is 0 Å². The highest BCUT2D eigenvalue weighted by molar-refractivity contribution is 7.92. The van der Waals surface area contributed by atoms with Crippen molar-refractivity contribution >= 4 is 56.2 Å². The van der Waals surface area contributed by atoms with Crippen molar-refractivity contribution in [2.45, 2.75) is 11.1 Å². The Bertz CT molecular complexity index is 1320. The van der Waals surface area contributed by atoms with E-state index in [1.54, 1.807) is 43.3 Å². The first-order valence-electron chi connectivity index (χ1n) is 9.36. The number of thiophene rings is 1. The van der Waals surface area contributed by atoms with Crippen LogP contribution >= 0.6 is 11.3 Å². The third-order valence-corrected chi connectivity index (χ3v) is 7.61. The van der Waals surface area contributed by atoms with Crippen LogP contribution in [0, 0.1) is 6.92 Å². The molecule has 7 nitrogen and oxygen atoms in total. The van der Waals surface area contributed by atoms with Crippen molar-refractivity contribution in [2.24, 2.45) is 0 Å². The van der Waals surface area contributed by atoms with Gasteiger partial charge in [0.25, 0.3) is 10.0 Å². The summed E-state index contributed by atoms with van der Waals surface area (Å²) in [5.74, 6) is -0.0616. The maximum Gasteiger partial charge on any atom is 0.333 e. The molecule has 158 valence electrons. The Balaban J connectivity index is 1.46. The van der Waals surface area contributed by atoms with Crippen LogP contribution in [0.1, 0.15) is 26.4 Å². The van der Waals surface area contributed by atoms with Gasteiger partial charge >= 0.3 is 6.03 Å². The molecule has 31 heavy (non-hydrogen) atoms. The van der Waals surface area contributed by atoms with Crippen molar-refractivity contribution in [1.29, 1.82) is 0 Å². The lowest BCUT2D eigenvalue weighted by Gasteiger charge is -2.08. The minimum Gasteiger partial charge on any atom is -0.388 e. The molecule has 0 aliphatic heterocycles. The Morgan fingerprint density at radius 2 is 1.68 bits per heavy atom. The average molecular weight is 454 g/mol. The zero-order chi connectivity index (χ0) is 22.2. The van der Waals surface area contributed by atoms with E-state index in [4.69, 9.17) is 0 Å². The number of aryl methyl sites for hydroxylation is 1. The molecule has 1 aromatic heterocycles. The van der Waals surface area contributed by atoms with Gasteiger partial charge in [0, 0.05) is 34.4 Å². The number of Topliss-reactive ketones (excluding diaryl/α,β-unsaturated/α-hetero) is 1. The van der Waals surface area contributed by atoms with Gasteiger partial charge < -0.3 is 10.6 Å². The smallest absolute Gasteiger partial charge is 0.333 e. The lowest BCUT2D eigenvalue weighted by molar-refractivity contribution is 0.105. The van der Waals surface area contributed by atoms with Gasteiger partial charge in [0.15, 0.2) is 5.78 Å². The molecule has 0 fully saturated rings. The first-order chi connectivity index (χ1) is 14.8. The molecule has 0 unspecified atom stereocenters. The zero-order valence-corrected chi connectivity index (χ0v) is 18.4. The molecule has 1 aliphatic rings. The summed E-state index contributed by atoms with van der Waals surface area (Å²) in [4.78, 5) is 25.7. The fraction of sp³-hybridized carbons (Fsp3) is 0.0909. The van der Waals surface area contributed by atoms with E-state index in [0.717, 1.165) is 27.5 Å². The molecule has 4 rings (SSSR count). The molecule has 0 atom stereocenters. The van der Waals surface area contributed by atoms with Gasteiger partial charge in [-0.05, 0) is 66.6 Å². The van der Waals surface area contributed by atoms with E-state index >= 15 is 0 Å². The number of allylic oxidation sites excluding steroid dienone is 1. The van der Waals surface area contributed by atoms with Crippen LogP contribution in [0.25, 0.3) is 11.6 Å². The summed E-state index contributed by atoms with van der Waals surface area (Å²) in [5, 5.41) is 5.55. The summed E-state index contributed by atoms with van der Waals surface area (Å²) in [5.41, 5.74) is 4.09. The SMILES string of the molecule is CNc1ccc2c(c1)C=C(c1ccc(NC(=O)NS(=O)(=O)c3ccc(C)s3)cc1)C2=O. The molecule has 1 heterocycles. The molecular weight excluding hydrogens is 434 g/mol. The van der Waals surface area contributed by atoms with Crippen molar-refractivity contribution in [3.05, 3.63) is 76.2 Å². The molecular formula is C22H19N3O4S2. The monoisotopic (exact) mass is 453 g/mol. The number of nitrogens with one attached hydrogen (secondary N) is 3. The summed E-state index contributed by atoms with van der Waals surface area (Å²) in [6.07, 6.45) is 1.84. The normalized spacial score (nSPS) is 12.8. The predicted octanol–water partition coefficient (Wildman–Crippen LogP) is 4.35. The van der Waals surface area contributed by atoms with Gasteiger partial charge in [-0.1, -0.05) is 12.1 Å². The van der Waals surface area contributed by atoms with Gasteiger partial charge in [-0.3, -0.25) is 4.79 Å². The Morgan fingerprint density at radius 1 is 0.968 bits per heavy atom. The lowest BCUT2D eigenvalue weighted by atomic mass is 10.0. The van der Waals surface area contributed by atoms with E-state index < -0.39 is 16.1 Å². The summed E-state index contributed by atoms with van der Waals surface area (Å²) in [7, 11) is -2.11. The van der Waals surface area contributed by atoms with Crippen LogP contribution in [0.2, 0.25) is 0 Å². The molecule has 1 aliphatic carbocycles.